The largest absolute Gasteiger partial charge is 0.383 e. The molecule has 0 saturated heterocycles. The number of benzene rings is 1. The van der Waals surface area contributed by atoms with Crippen molar-refractivity contribution in [2.75, 3.05) is 0 Å². The van der Waals surface area contributed by atoms with Crippen molar-refractivity contribution in [3.8, 4) is 0 Å². The molecule has 21 heavy (non-hydrogen) atoms. The van der Waals surface area contributed by atoms with E-state index in [0.717, 1.165) is 12.8 Å². The fourth-order valence-corrected chi connectivity index (χ4v) is 3.71. The molecule has 0 aromatic heterocycles. The van der Waals surface area contributed by atoms with Crippen LogP contribution in [-0.2, 0) is 15.6 Å². The van der Waals surface area contributed by atoms with E-state index in [4.69, 9.17) is 0 Å². The minimum absolute atomic E-state index is 0.377. The fraction of sp³-hybridized carbons (Fsp3) is 0.600. The number of hydrogen-bond donors (Lipinski definition) is 2. The number of hydrogen-bond acceptors (Lipinski definition) is 3. The summed E-state index contributed by atoms with van der Waals surface area (Å²) in [6, 6.07) is 5.05. The first kappa shape index (κ1) is 16.4. The Kier molecular flexibility index (Phi) is 4.70. The predicted octanol–water partition coefficient (Wildman–Crippen LogP) is 2.28. The molecule has 0 spiro atoms. The highest BCUT2D eigenvalue weighted by Gasteiger charge is 2.42. The molecule has 6 heteroatoms. The third-order valence-electron chi connectivity index (χ3n) is 4.15. The highest BCUT2D eigenvalue weighted by molar-refractivity contribution is 7.90. The van der Waals surface area contributed by atoms with Crippen LogP contribution in [0, 0.1) is 5.82 Å². The summed E-state index contributed by atoms with van der Waals surface area (Å²) in [6.45, 7) is 3.20. The lowest BCUT2D eigenvalue weighted by atomic mass is 9.76. The Morgan fingerprint density at radius 2 is 1.90 bits per heavy atom. The van der Waals surface area contributed by atoms with Gasteiger partial charge in [0.05, 0.1) is 11.3 Å². The molecule has 1 aromatic rings. The molecule has 0 amide bonds. The van der Waals surface area contributed by atoms with Crippen molar-refractivity contribution in [2.45, 2.75) is 56.4 Å². The number of aliphatic hydroxyl groups is 1. The molecule has 1 saturated carbocycles. The average Bonchev–Trinajstić information content (AvgIpc) is 2.42. The Hall–Kier alpha value is -0.980. The van der Waals surface area contributed by atoms with Gasteiger partial charge in [0.25, 0.3) is 0 Å². The quantitative estimate of drug-likeness (QED) is 0.896. The number of nitrogens with one attached hydrogen (secondary N) is 1. The molecule has 2 rings (SSSR count). The van der Waals surface area contributed by atoms with E-state index < -0.39 is 26.9 Å². The van der Waals surface area contributed by atoms with Crippen LogP contribution in [0.1, 0.15) is 45.1 Å². The van der Waals surface area contributed by atoms with Gasteiger partial charge in [-0.1, -0.05) is 25.0 Å². The van der Waals surface area contributed by atoms with Crippen LogP contribution in [0.5, 0.6) is 0 Å². The summed E-state index contributed by atoms with van der Waals surface area (Å²) in [7, 11) is -3.47. The van der Waals surface area contributed by atoms with E-state index in [0.29, 0.717) is 18.4 Å². The molecule has 2 N–H and O–H groups in total. The molecule has 4 nitrogen and oxygen atoms in total. The molecule has 2 unspecified atom stereocenters. The van der Waals surface area contributed by atoms with Crippen LogP contribution in [0.4, 0.5) is 4.39 Å². The van der Waals surface area contributed by atoms with Crippen LogP contribution in [0.3, 0.4) is 0 Å². The third kappa shape index (κ3) is 3.44. The second kappa shape index (κ2) is 6.02. The Labute approximate surface area is 125 Å². The van der Waals surface area contributed by atoms with Crippen LogP contribution < -0.4 is 4.72 Å². The standard InChI is InChI=1S/C15H22FNO3S/c1-11(2)21(19,20)17-14-5-3-4-10-15(14,18)12-6-8-13(16)9-7-12/h6-9,11,14,17-18H,3-5,10H2,1-2H3. The van der Waals surface area contributed by atoms with Gasteiger partial charge < -0.3 is 5.11 Å². The Morgan fingerprint density at radius 3 is 2.48 bits per heavy atom. The van der Waals surface area contributed by atoms with Gasteiger partial charge in [0.1, 0.15) is 11.4 Å². The van der Waals surface area contributed by atoms with Crippen molar-refractivity contribution in [3.05, 3.63) is 35.6 Å². The zero-order chi connectivity index (χ0) is 15.7. The Morgan fingerprint density at radius 1 is 1.29 bits per heavy atom. The number of halogens is 1. The first-order chi connectivity index (χ1) is 9.75. The molecule has 0 heterocycles. The normalized spacial score (nSPS) is 27.0. The van der Waals surface area contributed by atoms with Gasteiger partial charge in [0, 0.05) is 0 Å². The van der Waals surface area contributed by atoms with Crippen LogP contribution in [0.15, 0.2) is 24.3 Å². The van der Waals surface area contributed by atoms with E-state index in [9.17, 15) is 17.9 Å². The number of sulfonamides is 1. The zero-order valence-corrected chi connectivity index (χ0v) is 13.2. The fourth-order valence-electron chi connectivity index (χ4n) is 2.73. The first-order valence-electron chi connectivity index (χ1n) is 7.25. The molecular weight excluding hydrogens is 293 g/mol. The molecule has 1 fully saturated rings. The maximum atomic E-state index is 13.1. The van der Waals surface area contributed by atoms with Gasteiger partial charge in [-0.05, 0) is 44.4 Å². The van der Waals surface area contributed by atoms with E-state index in [1.54, 1.807) is 13.8 Å². The van der Waals surface area contributed by atoms with Crippen LogP contribution in [0.2, 0.25) is 0 Å². The predicted molar refractivity (Wildman–Crippen MR) is 79.7 cm³/mol. The molecule has 1 aromatic carbocycles. The Bertz CT molecular complexity index is 585. The van der Waals surface area contributed by atoms with Crippen molar-refractivity contribution < 1.29 is 17.9 Å². The summed E-state index contributed by atoms with van der Waals surface area (Å²) in [5.41, 5.74) is -0.728. The molecule has 0 bridgehead atoms. The highest BCUT2D eigenvalue weighted by Crippen LogP contribution is 2.37. The summed E-state index contributed by atoms with van der Waals surface area (Å²) in [4.78, 5) is 0. The summed E-state index contributed by atoms with van der Waals surface area (Å²) in [5, 5.41) is 10.4. The molecule has 1 aliphatic carbocycles. The monoisotopic (exact) mass is 315 g/mol. The van der Waals surface area contributed by atoms with Crippen molar-refractivity contribution in [2.24, 2.45) is 0 Å². The second-order valence-corrected chi connectivity index (χ2v) is 8.21. The lowest BCUT2D eigenvalue weighted by molar-refractivity contribution is -0.0250. The minimum atomic E-state index is -3.47. The summed E-state index contributed by atoms with van der Waals surface area (Å²) >= 11 is 0. The molecule has 2 atom stereocenters. The van der Waals surface area contributed by atoms with Gasteiger partial charge >= 0.3 is 0 Å². The van der Waals surface area contributed by atoms with Crippen molar-refractivity contribution in [3.63, 3.8) is 0 Å². The van der Waals surface area contributed by atoms with E-state index in [1.807, 2.05) is 0 Å². The Balaban J connectivity index is 2.32. The van der Waals surface area contributed by atoms with Crippen molar-refractivity contribution in [1.82, 2.24) is 4.72 Å². The SMILES string of the molecule is CC(C)S(=O)(=O)NC1CCCCC1(O)c1ccc(F)cc1. The second-order valence-electron chi connectivity index (χ2n) is 5.94. The van der Waals surface area contributed by atoms with Gasteiger partial charge in [-0.25, -0.2) is 17.5 Å². The van der Waals surface area contributed by atoms with Crippen LogP contribution >= 0.6 is 0 Å². The highest BCUT2D eigenvalue weighted by atomic mass is 32.2. The van der Waals surface area contributed by atoms with Gasteiger partial charge in [0.2, 0.25) is 10.0 Å². The van der Waals surface area contributed by atoms with Crippen LogP contribution in [-0.4, -0.2) is 24.8 Å². The molecule has 0 aliphatic heterocycles. The van der Waals surface area contributed by atoms with E-state index >= 15 is 0 Å². The van der Waals surface area contributed by atoms with Crippen LogP contribution in [0.25, 0.3) is 0 Å². The minimum Gasteiger partial charge on any atom is -0.383 e. The zero-order valence-electron chi connectivity index (χ0n) is 12.3. The smallest absolute Gasteiger partial charge is 0.214 e. The van der Waals surface area contributed by atoms with E-state index in [2.05, 4.69) is 4.72 Å². The topological polar surface area (TPSA) is 66.4 Å². The summed E-state index contributed by atoms with van der Waals surface area (Å²) in [5.74, 6) is -0.377. The lowest BCUT2D eigenvalue weighted by Crippen LogP contribution is -2.53. The molecular formula is C15H22FNO3S. The molecule has 0 radical (unpaired) electrons. The maximum Gasteiger partial charge on any atom is 0.214 e. The van der Waals surface area contributed by atoms with E-state index in [1.165, 1.54) is 24.3 Å². The van der Waals surface area contributed by atoms with Gasteiger partial charge in [-0.15, -0.1) is 0 Å². The van der Waals surface area contributed by atoms with Crippen molar-refractivity contribution in [1.29, 1.82) is 0 Å². The van der Waals surface area contributed by atoms with Crippen molar-refractivity contribution >= 4 is 10.0 Å². The third-order valence-corrected chi connectivity index (χ3v) is 6.00. The first-order valence-corrected chi connectivity index (χ1v) is 8.80. The maximum absolute atomic E-state index is 13.1. The van der Waals surface area contributed by atoms with E-state index in [-0.39, 0.29) is 5.82 Å². The lowest BCUT2D eigenvalue weighted by Gasteiger charge is -2.40. The van der Waals surface area contributed by atoms with Gasteiger partial charge in [-0.2, -0.15) is 0 Å². The van der Waals surface area contributed by atoms with Gasteiger partial charge in [-0.3, -0.25) is 0 Å². The summed E-state index contributed by atoms with van der Waals surface area (Å²) < 4.78 is 39.9. The summed E-state index contributed by atoms with van der Waals surface area (Å²) in [6.07, 6.45) is 2.70. The molecule has 1 aliphatic rings. The molecule has 118 valence electrons. The van der Waals surface area contributed by atoms with Gasteiger partial charge in [0.15, 0.2) is 0 Å². The average molecular weight is 315 g/mol. The number of rotatable bonds is 4.